The van der Waals surface area contributed by atoms with Crippen LogP contribution in [0.25, 0.3) is 0 Å². The summed E-state index contributed by atoms with van der Waals surface area (Å²) in [6.45, 7) is 2.85. The van der Waals surface area contributed by atoms with Gasteiger partial charge in [0.1, 0.15) is 5.84 Å². The van der Waals surface area contributed by atoms with E-state index in [1.807, 2.05) is 4.90 Å². The van der Waals surface area contributed by atoms with E-state index in [0.29, 0.717) is 18.9 Å². The van der Waals surface area contributed by atoms with Crippen molar-refractivity contribution < 1.29 is 4.79 Å². The molecule has 1 amide bonds. The highest BCUT2D eigenvalue weighted by Crippen LogP contribution is 2.00. The fourth-order valence-corrected chi connectivity index (χ4v) is 1.35. The zero-order chi connectivity index (χ0) is 8.97. The molecule has 1 fully saturated rings. The Balaban J connectivity index is 2.35. The van der Waals surface area contributed by atoms with Crippen LogP contribution in [0.2, 0.25) is 0 Å². The molecule has 0 aromatic heterocycles. The molecule has 0 aromatic carbocycles. The second kappa shape index (κ2) is 4.30. The molecule has 0 aromatic rings. The van der Waals surface area contributed by atoms with E-state index in [4.69, 9.17) is 17.0 Å². The molecule has 68 valence electrons. The second-order valence-electron chi connectivity index (χ2n) is 2.71. The van der Waals surface area contributed by atoms with Crippen molar-refractivity contribution in [1.82, 2.24) is 9.80 Å². The van der Waals surface area contributed by atoms with E-state index in [1.54, 1.807) is 4.90 Å². The normalized spacial score (nSPS) is 17.8. The van der Waals surface area contributed by atoms with E-state index in [2.05, 4.69) is 0 Å². The van der Waals surface area contributed by atoms with Crippen molar-refractivity contribution in [1.29, 1.82) is 5.41 Å². The molecule has 5 heteroatoms. The maximum atomic E-state index is 10.3. The highest BCUT2D eigenvalue weighted by Gasteiger charge is 2.16. The van der Waals surface area contributed by atoms with Crippen molar-refractivity contribution in [3.63, 3.8) is 0 Å². The Kier molecular flexibility index (Phi) is 3.34. The first-order valence-electron chi connectivity index (χ1n) is 3.85. The summed E-state index contributed by atoms with van der Waals surface area (Å²) in [6, 6.07) is 0. The number of nitrogens with one attached hydrogen (secondary N) is 1. The third kappa shape index (κ3) is 2.11. The van der Waals surface area contributed by atoms with Crippen LogP contribution in [-0.4, -0.2) is 54.1 Å². The summed E-state index contributed by atoms with van der Waals surface area (Å²) in [5, 5.41) is 7.44. The second-order valence-corrected chi connectivity index (χ2v) is 2.98. The molecule has 1 heterocycles. The van der Waals surface area contributed by atoms with E-state index in [0.717, 1.165) is 19.5 Å². The van der Waals surface area contributed by atoms with Gasteiger partial charge in [0.2, 0.25) is 6.41 Å². The minimum Gasteiger partial charge on any atom is -0.356 e. The maximum Gasteiger partial charge on any atom is 0.209 e. The van der Waals surface area contributed by atoms with Gasteiger partial charge in [-0.25, -0.2) is 0 Å². The lowest BCUT2D eigenvalue weighted by atomic mass is 10.3. The Labute approximate surface area is 76.6 Å². The number of halogens is 1. The molecule has 0 aliphatic carbocycles. The highest BCUT2D eigenvalue weighted by molar-refractivity contribution is 6.27. The summed E-state index contributed by atoms with van der Waals surface area (Å²) in [7, 11) is 0. The molecule has 0 spiro atoms. The third-order valence-electron chi connectivity index (χ3n) is 1.97. The fraction of sp³-hybridized carbons (Fsp3) is 0.714. The minimum atomic E-state index is 0.251. The SMILES string of the molecule is N=C(CCl)N1CCN(C=O)CC1. The zero-order valence-corrected chi connectivity index (χ0v) is 7.55. The van der Waals surface area contributed by atoms with Gasteiger partial charge in [0.05, 0.1) is 5.88 Å². The zero-order valence-electron chi connectivity index (χ0n) is 6.79. The van der Waals surface area contributed by atoms with Gasteiger partial charge in [0.15, 0.2) is 0 Å². The van der Waals surface area contributed by atoms with Gasteiger partial charge in [0.25, 0.3) is 0 Å². The van der Waals surface area contributed by atoms with Crippen LogP contribution in [0.4, 0.5) is 0 Å². The van der Waals surface area contributed by atoms with Gasteiger partial charge in [0, 0.05) is 26.2 Å². The number of hydrogen-bond acceptors (Lipinski definition) is 2. The lowest BCUT2D eigenvalue weighted by Crippen LogP contribution is -2.48. The number of hydrogen-bond donors (Lipinski definition) is 1. The molecule has 0 radical (unpaired) electrons. The number of piperazine rings is 1. The predicted molar refractivity (Wildman–Crippen MR) is 47.7 cm³/mol. The van der Waals surface area contributed by atoms with Crippen LogP contribution >= 0.6 is 11.6 Å². The largest absolute Gasteiger partial charge is 0.356 e. The first kappa shape index (κ1) is 9.32. The average Bonchev–Trinajstić information content (AvgIpc) is 2.17. The molecule has 1 N–H and O–H groups in total. The first-order valence-corrected chi connectivity index (χ1v) is 4.39. The Bertz CT molecular complexity index is 177. The molecule has 0 unspecified atom stereocenters. The highest BCUT2D eigenvalue weighted by atomic mass is 35.5. The van der Waals surface area contributed by atoms with Crippen molar-refractivity contribution in [3.8, 4) is 0 Å². The van der Waals surface area contributed by atoms with Gasteiger partial charge in [-0.2, -0.15) is 0 Å². The van der Waals surface area contributed by atoms with E-state index in [1.165, 1.54) is 0 Å². The van der Waals surface area contributed by atoms with Crippen LogP contribution in [0.15, 0.2) is 0 Å². The molecule has 0 saturated carbocycles. The summed E-state index contributed by atoms with van der Waals surface area (Å²) < 4.78 is 0. The molecular formula is C7H12ClN3O. The molecule has 1 aliphatic rings. The number of carbonyl (C=O) groups is 1. The van der Waals surface area contributed by atoms with Crippen LogP contribution in [0.5, 0.6) is 0 Å². The third-order valence-corrected chi connectivity index (χ3v) is 2.22. The number of amidine groups is 1. The number of alkyl halides is 1. The lowest BCUT2D eigenvalue weighted by Gasteiger charge is -2.33. The topological polar surface area (TPSA) is 47.4 Å². The number of nitrogens with zero attached hydrogens (tertiary/aromatic N) is 2. The molecule has 0 atom stereocenters. The summed E-state index contributed by atoms with van der Waals surface area (Å²) in [5.41, 5.74) is 0. The van der Waals surface area contributed by atoms with Crippen molar-refractivity contribution >= 4 is 23.8 Å². The lowest BCUT2D eigenvalue weighted by molar-refractivity contribution is -0.119. The molecular weight excluding hydrogens is 178 g/mol. The van der Waals surface area contributed by atoms with Gasteiger partial charge >= 0.3 is 0 Å². The summed E-state index contributed by atoms with van der Waals surface area (Å²) >= 11 is 5.51. The van der Waals surface area contributed by atoms with Gasteiger partial charge in [-0.3, -0.25) is 10.2 Å². The first-order chi connectivity index (χ1) is 5.77. The van der Waals surface area contributed by atoms with E-state index in [-0.39, 0.29) is 5.88 Å². The van der Waals surface area contributed by atoms with Crippen molar-refractivity contribution in [2.24, 2.45) is 0 Å². The fourth-order valence-electron chi connectivity index (χ4n) is 1.18. The van der Waals surface area contributed by atoms with Gasteiger partial charge < -0.3 is 9.80 Å². The Morgan fingerprint density at radius 3 is 2.42 bits per heavy atom. The molecule has 0 bridgehead atoms. The molecule has 12 heavy (non-hydrogen) atoms. The summed E-state index contributed by atoms with van der Waals surface area (Å²) in [4.78, 5) is 13.9. The smallest absolute Gasteiger partial charge is 0.209 e. The number of rotatable bonds is 2. The standard InChI is InChI=1S/C7H12ClN3O/c8-5-7(9)11-3-1-10(6-12)2-4-11/h6,9H,1-5H2. The van der Waals surface area contributed by atoms with Gasteiger partial charge in [-0.05, 0) is 0 Å². The summed E-state index contributed by atoms with van der Waals surface area (Å²) in [5.74, 6) is 0.698. The molecule has 1 rings (SSSR count). The van der Waals surface area contributed by atoms with Crippen LogP contribution in [0.3, 0.4) is 0 Å². The monoisotopic (exact) mass is 189 g/mol. The van der Waals surface area contributed by atoms with Crippen LogP contribution < -0.4 is 0 Å². The minimum absolute atomic E-state index is 0.251. The van der Waals surface area contributed by atoms with Crippen molar-refractivity contribution in [3.05, 3.63) is 0 Å². The molecule has 1 aliphatic heterocycles. The Morgan fingerprint density at radius 1 is 1.42 bits per heavy atom. The Hall–Kier alpha value is -0.770. The average molecular weight is 190 g/mol. The number of carbonyl (C=O) groups excluding carboxylic acids is 1. The predicted octanol–water partition coefficient (Wildman–Crippen LogP) is -0.0235. The summed E-state index contributed by atoms with van der Waals surface area (Å²) in [6.07, 6.45) is 0.849. The van der Waals surface area contributed by atoms with Crippen LogP contribution in [0, 0.1) is 5.41 Å². The Morgan fingerprint density at radius 2 is 2.00 bits per heavy atom. The van der Waals surface area contributed by atoms with Crippen LogP contribution in [-0.2, 0) is 4.79 Å². The van der Waals surface area contributed by atoms with Crippen LogP contribution in [0.1, 0.15) is 0 Å². The maximum absolute atomic E-state index is 10.3. The molecule has 4 nitrogen and oxygen atoms in total. The van der Waals surface area contributed by atoms with Crippen molar-refractivity contribution in [2.75, 3.05) is 32.1 Å². The van der Waals surface area contributed by atoms with Crippen molar-refractivity contribution in [2.45, 2.75) is 0 Å². The van der Waals surface area contributed by atoms with Gasteiger partial charge in [-0.15, -0.1) is 11.6 Å². The van der Waals surface area contributed by atoms with E-state index < -0.39 is 0 Å². The number of amides is 1. The van der Waals surface area contributed by atoms with E-state index >= 15 is 0 Å². The van der Waals surface area contributed by atoms with Gasteiger partial charge in [-0.1, -0.05) is 0 Å². The quantitative estimate of drug-likeness (QED) is 0.287. The molecule has 1 saturated heterocycles. The van der Waals surface area contributed by atoms with E-state index in [9.17, 15) is 4.79 Å².